The van der Waals surface area contributed by atoms with E-state index in [4.69, 9.17) is 4.79 Å². The Bertz CT molecular complexity index is 1930. The molecule has 0 fully saturated rings. The summed E-state index contributed by atoms with van der Waals surface area (Å²) in [5.74, 6) is 1.62. The van der Waals surface area contributed by atoms with E-state index in [1.165, 1.54) is 21.5 Å². The predicted octanol–water partition coefficient (Wildman–Crippen LogP) is 8.84. The lowest BCUT2D eigenvalue weighted by Crippen LogP contribution is -1.87. The highest BCUT2D eigenvalue weighted by Crippen LogP contribution is 2.34. The third-order valence-corrected chi connectivity index (χ3v) is 8.42. The van der Waals surface area contributed by atoms with E-state index in [1.54, 1.807) is 22.7 Å². The van der Waals surface area contributed by atoms with Crippen molar-refractivity contribution < 1.29 is 4.79 Å². The lowest BCUT2D eigenvalue weighted by molar-refractivity contribution is -0.0979. The largest absolute Gasteiger partial charge is 0.307 e. The zero-order chi connectivity index (χ0) is 27.3. The van der Waals surface area contributed by atoms with Crippen LogP contribution in [0.4, 0.5) is 0 Å². The highest BCUT2D eigenvalue weighted by molar-refractivity contribution is 7.15. The third kappa shape index (κ3) is 4.96. The van der Waals surface area contributed by atoms with Crippen molar-refractivity contribution in [1.29, 1.82) is 0 Å². The molecule has 4 heterocycles. The van der Waals surface area contributed by atoms with Crippen LogP contribution in [0.3, 0.4) is 0 Å². The smallest absolute Gasteiger partial charge is 0.170 e. The summed E-state index contributed by atoms with van der Waals surface area (Å²) in [4.78, 5) is 28.6. The van der Waals surface area contributed by atoms with Crippen molar-refractivity contribution in [2.24, 2.45) is 0 Å². The Morgan fingerprint density at radius 1 is 0.475 bits per heavy atom. The highest BCUT2D eigenvalue weighted by atomic mass is 32.1. The second-order valence-corrected chi connectivity index (χ2v) is 10.6. The van der Waals surface area contributed by atoms with E-state index in [2.05, 4.69) is 79.2 Å². The van der Waals surface area contributed by atoms with Gasteiger partial charge in [0.05, 0.1) is 20.8 Å². The molecule has 0 aliphatic rings. The molecule has 0 N–H and O–H groups in total. The predicted molar refractivity (Wildman–Crippen MR) is 168 cm³/mol. The lowest BCUT2D eigenvalue weighted by atomic mass is 10.2. The van der Waals surface area contributed by atoms with E-state index in [0.29, 0.717) is 0 Å². The van der Waals surface area contributed by atoms with Gasteiger partial charge in [-0.2, -0.15) is 0 Å². The monoisotopic (exact) mass is 554 g/mol. The number of hydrogen-bond acceptors (Lipinski definition) is 7. The fourth-order valence-electron chi connectivity index (χ4n) is 4.49. The summed E-state index contributed by atoms with van der Waals surface area (Å²) in [5, 5.41) is 11.4. The molecule has 0 radical (unpaired) electrons. The van der Waals surface area contributed by atoms with Crippen LogP contribution in [-0.4, -0.2) is 26.7 Å². The van der Waals surface area contributed by atoms with E-state index < -0.39 is 0 Å². The maximum Gasteiger partial charge on any atom is 0.170 e. The summed E-state index contributed by atoms with van der Waals surface area (Å²) in [6.07, 6.45) is 3.79. The van der Waals surface area contributed by atoms with Crippen LogP contribution in [0, 0.1) is 0 Å². The van der Waals surface area contributed by atoms with Gasteiger partial charge >= 0.3 is 0 Å². The SMILES string of the molecule is C=O.c1ccc2nc(-c3scc4ccccc34)ncc2c1.c1ccc2nc(-c3scc4ccccc34)ncc2c1. The van der Waals surface area contributed by atoms with Gasteiger partial charge in [-0.3, -0.25) is 0 Å². The second-order valence-electron chi connectivity index (χ2n) is 8.81. The number of fused-ring (bicyclic) bond motifs is 4. The van der Waals surface area contributed by atoms with Crippen LogP contribution in [0.5, 0.6) is 0 Å². The van der Waals surface area contributed by atoms with Crippen LogP contribution in [-0.2, 0) is 4.79 Å². The number of rotatable bonds is 2. The maximum absolute atomic E-state index is 8.00. The Balaban J connectivity index is 0.000000136. The van der Waals surface area contributed by atoms with E-state index in [0.717, 1.165) is 43.2 Å². The van der Waals surface area contributed by atoms with E-state index in [9.17, 15) is 0 Å². The topological polar surface area (TPSA) is 68.6 Å². The first-order chi connectivity index (χ1) is 19.8. The Hall–Kier alpha value is -4.85. The fourth-order valence-corrected chi connectivity index (χ4v) is 6.43. The molecule has 0 saturated carbocycles. The molecule has 0 saturated heterocycles. The van der Waals surface area contributed by atoms with Crippen molar-refractivity contribution in [3.8, 4) is 21.4 Å². The van der Waals surface area contributed by atoms with Crippen molar-refractivity contribution in [2.75, 3.05) is 0 Å². The van der Waals surface area contributed by atoms with Gasteiger partial charge in [-0.15, -0.1) is 22.7 Å². The molecule has 0 atom stereocenters. The number of hydrogen-bond donors (Lipinski definition) is 0. The van der Waals surface area contributed by atoms with Crippen LogP contribution < -0.4 is 0 Å². The van der Waals surface area contributed by atoms with Gasteiger partial charge in [0.25, 0.3) is 0 Å². The van der Waals surface area contributed by atoms with Gasteiger partial charge in [0.2, 0.25) is 0 Å². The molecule has 0 aliphatic carbocycles. The Labute approximate surface area is 238 Å². The Kier molecular flexibility index (Phi) is 7.30. The van der Waals surface area contributed by atoms with Crippen molar-refractivity contribution in [2.45, 2.75) is 0 Å². The quantitative estimate of drug-likeness (QED) is 0.213. The normalized spacial score (nSPS) is 10.7. The second kappa shape index (κ2) is 11.5. The van der Waals surface area contributed by atoms with Crippen LogP contribution in [0.15, 0.2) is 120 Å². The maximum atomic E-state index is 8.00. The van der Waals surface area contributed by atoms with E-state index in [1.807, 2.05) is 67.7 Å². The Morgan fingerprint density at radius 2 is 0.850 bits per heavy atom. The van der Waals surface area contributed by atoms with Gasteiger partial charge in [0, 0.05) is 33.9 Å². The summed E-state index contributed by atoms with van der Waals surface area (Å²) in [7, 11) is 0. The molecule has 0 amide bonds. The van der Waals surface area contributed by atoms with Crippen LogP contribution in [0.25, 0.3) is 64.8 Å². The zero-order valence-corrected chi connectivity index (χ0v) is 22.9. The molecule has 0 spiro atoms. The lowest BCUT2D eigenvalue weighted by Gasteiger charge is -2.00. The molecule has 0 unspecified atom stereocenters. The van der Waals surface area contributed by atoms with Gasteiger partial charge in [0.1, 0.15) is 6.79 Å². The van der Waals surface area contributed by atoms with Gasteiger partial charge in [0.15, 0.2) is 11.6 Å². The molecule has 7 heteroatoms. The first-order valence-corrected chi connectivity index (χ1v) is 14.2. The minimum Gasteiger partial charge on any atom is -0.307 e. The molecule has 40 heavy (non-hydrogen) atoms. The molecule has 0 bridgehead atoms. The molecular weight excluding hydrogens is 533 g/mol. The number of nitrogens with zero attached hydrogens (tertiary/aromatic N) is 4. The number of carbonyl (C=O) groups is 1. The van der Waals surface area contributed by atoms with E-state index in [-0.39, 0.29) is 0 Å². The van der Waals surface area contributed by atoms with Gasteiger partial charge in [-0.25, -0.2) is 19.9 Å². The molecule has 0 aliphatic heterocycles. The van der Waals surface area contributed by atoms with Crippen molar-refractivity contribution in [3.63, 3.8) is 0 Å². The Morgan fingerprint density at radius 3 is 1.30 bits per heavy atom. The van der Waals surface area contributed by atoms with Gasteiger partial charge in [-0.1, -0.05) is 84.9 Å². The number of para-hydroxylation sites is 2. The minimum atomic E-state index is 0.810. The molecule has 5 nitrogen and oxygen atoms in total. The fraction of sp³-hybridized carbons (Fsp3) is 0. The molecule has 4 aromatic carbocycles. The number of carbonyl (C=O) groups excluding carboxylic acids is 1. The molecular formula is C33H22N4OS2. The summed E-state index contributed by atoms with van der Waals surface area (Å²) in [6.45, 7) is 2.00. The number of thiophene rings is 2. The number of benzene rings is 4. The standard InChI is InChI=1S/2C16H10N2S.CH2O/c2*1-3-7-13-12(6-1)10-19-15(13)16-17-9-11-5-2-4-8-14(11)18-16;1-2/h2*1-10H;1H2. The average molecular weight is 555 g/mol. The molecule has 4 aromatic heterocycles. The van der Waals surface area contributed by atoms with Crippen molar-refractivity contribution >= 4 is 72.8 Å². The van der Waals surface area contributed by atoms with Crippen molar-refractivity contribution in [3.05, 3.63) is 120 Å². The van der Waals surface area contributed by atoms with Gasteiger partial charge in [-0.05, 0) is 33.7 Å². The summed E-state index contributed by atoms with van der Waals surface area (Å²) < 4.78 is 0. The van der Waals surface area contributed by atoms with Crippen molar-refractivity contribution in [1.82, 2.24) is 19.9 Å². The third-order valence-electron chi connectivity index (χ3n) is 6.40. The van der Waals surface area contributed by atoms with Crippen LogP contribution >= 0.6 is 22.7 Å². The number of aromatic nitrogens is 4. The summed E-state index contributed by atoms with van der Waals surface area (Å²) in [5.41, 5.74) is 1.98. The van der Waals surface area contributed by atoms with Crippen LogP contribution in [0.1, 0.15) is 0 Å². The highest BCUT2D eigenvalue weighted by Gasteiger charge is 2.10. The summed E-state index contributed by atoms with van der Waals surface area (Å²) in [6, 6.07) is 32.9. The summed E-state index contributed by atoms with van der Waals surface area (Å²) >= 11 is 3.40. The molecule has 192 valence electrons. The minimum absolute atomic E-state index is 0.810. The first kappa shape index (κ1) is 25.4. The van der Waals surface area contributed by atoms with Crippen LogP contribution in [0.2, 0.25) is 0 Å². The van der Waals surface area contributed by atoms with Gasteiger partial charge < -0.3 is 4.79 Å². The van der Waals surface area contributed by atoms with E-state index >= 15 is 0 Å². The molecule has 8 rings (SSSR count). The zero-order valence-electron chi connectivity index (χ0n) is 21.3. The first-order valence-electron chi connectivity index (χ1n) is 12.5. The average Bonchev–Trinajstić information content (AvgIpc) is 3.67. The molecule has 8 aromatic rings.